The number of aryl methyl sites for hydroxylation is 1. The third kappa shape index (κ3) is 10.9. The van der Waals surface area contributed by atoms with Gasteiger partial charge in [0.05, 0.1) is 12.5 Å². The van der Waals surface area contributed by atoms with Crippen molar-refractivity contribution in [3.05, 3.63) is 58.9 Å². The van der Waals surface area contributed by atoms with Crippen LogP contribution in [0.25, 0.3) is 0 Å². The fourth-order valence-electron chi connectivity index (χ4n) is 8.18. The predicted molar refractivity (Wildman–Crippen MR) is 218 cm³/mol. The number of benzene rings is 1. The summed E-state index contributed by atoms with van der Waals surface area (Å²) < 4.78 is 20.7. The highest BCUT2D eigenvalue weighted by molar-refractivity contribution is 7.99. The van der Waals surface area contributed by atoms with Gasteiger partial charge in [0.15, 0.2) is 0 Å². The number of hydrogen-bond donors (Lipinski definition) is 4. The van der Waals surface area contributed by atoms with Crippen molar-refractivity contribution < 1.29 is 47.8 Å². The van der Waals surface area contributed by atoms with E-state index in [1.807, 2.05) is 26.0 Å². The van der Waals surface area contributed by atoms with E-state index in [1.54, 1.807) is 26.0 Å². The molecule has 1 aromatic rings. The van der Waals surface area contributed by atoms with Crippen LogP contribution in [0.4, 0.5) is 4.39 Å². The molecule has 4 saturated heterocycles. The van der Waals surface area contributed by atoms with Crippen LogP contribution in [0.3, 0.4) is 0 Å². The van der Waals surface area contributed by atoms with E-state index in [1.165, 1.54) is 47.6 Å². The Hall–Kier alpha value is -4.77. The summed E-state index contributed by atoms with van der Waals surface area (Å²) in [5.74, 6) is -4.73. The van der Waals surface area contributed by atoms with Gasteiger partial charge in [-0.1, -0.05) is 49.8 Å². The molecular weight excluding hydrogens is 784 g/mol. The van der Waals surface area contributed by atoms with Crippen LogP contribution in [0, 0.1) is 12.8 Å². The van der Waals surface area contributed by atoms with Crippen LogP contribution in [-0.4, -0.2) is 141 Å². The number of thioether (sulfide) groups is 1. The molecule has 4 N–H and O–H groups in total. The lowest BCUT2D eigenvalue weighted by molar-refractivity contribution is -0.163. The summed E-state index contributed by atoms with van der Waals surface area (Å²) >= 11 is 1.46. The van der Waals surface area contributed by atoms with E-state index in [2.05, 4.69) is 16.0 Å². The van der Waals surface area contributed by atoms with Crippen LogP contribution in [-0.2, 0) is 44.7 Å². The number of amides is 6. The molecule has 9 atom stereocenters. The second kappa shape index (κ2) is 20.0. The van der Waals surface area contributed by atoms with Gasteiger partial charge in [-0.2, -0.15) is 11.8 Å². The van der Waals surface area contributed by atoms with Gasteiger partial charge in [-0.3, -0.25) is 28.8 Å². The molecule has 4 aliphatic heterocycles. The molecule has 0 bridgehead atoms. The molecule has 5 rings (SSSR count). The number of cyclic esters (lactones) is 1. The summed E-state index contributed by atoms with van der Waals surface area (Å²) in [5, 5.41) is 19.1. The maximum atomic E-state index is 14.8. The zero-order valence-corrected chi connectivity index (χ0v) is 35.4. The van der Waals surface area contributed by atoms with Crippen molar-refractivity contribution in [3.8, 4) is 0 Å². The minimum Gasteiger partial charge on any atom is -0.458 e. The van der Waals surface area contributed by atoms with Crippen molar-refractivity contribution in [1.29, 1.82) is 0 Å². The predicted octanol–water partition coefficient (Wildman–Crippen LogP) is 1.70. The molecule has 1 aromatic carbocycles. The van der Waals surface area contributed by atoms with Crippen molar-refractivity contribution in [2.24, 2.45) is 5.92 Å². The molecule has 322 valence electrons. The van der Waals surface area contributed by atoms with Gasteiger partial charge in [-0.25, -0.2) is 9.18 Å². The summed E-state index contributed by atoms with van der Waals surface area (Å²) in [5.41, 5.74) is 1.70. The quantitative estimate of drug-likeness (QED) is 0.210. The van der Waals surface area contributed by atoms with Gasteiger partial charge >= 0.3 is 5.97 Å². The largest absolute Gasteiger partial charge is 0.458 e. The first kappa shape index (κ1) is 45.3. The first-order valence-electron chi connectivity index (χ1n) is 20.4. The van der Waals surface area contributed by atoms with Crippen molar-refractivity contribution in [1.82, 2.24) is 30.7 Å². The Morgan fingerprint density at radius 3 is 2.44 bits per heavy atom. The molecule has 0 spiro atoms. The van der Waals surface area contributed by atoms with Crippen molar-refractivity contribution in [2.75, 3.05) is 31.1 Å². The minimum atomic E-state index is -1.63. The number of carbonyl (C=O) groups is 7. The summed E-state index contributed by atoms with van der Waals surface area (Å²) in [6.45, 7) is 10.1. The number of hydrogen-bond acceptors (Lipinski definition) is 10. The second-order valence-corrected chi connectivity index (χ2v) is 17.1. The van der Waals surface area contributed by atoms with Crippen molar-refractivity contribution >= 4 is 53.2 Å². The highest BCUT2D eigenvalue weighted by Gasteiger charge is 2.49. The number of aliphatic hydroxyl groups is 1. The van der Waals surface area contributed by atoms with Gasteiger partial charge in [0, 0.05) is 44.0 Å². The highest BCUT2D eigenvalue weighted by atomic mass is 32.2. The Labute approximate surface area is 348 Å². The number of nitrogens with one attached hydrogen (secondary N) is 3. The van der Waals surface area contributed by atoms with Crippen molar-refractivity contribution in [2.45, 2.75) is 122 Å². The SMILES string of the molecule is C/C=C(CC(=O)N[C@@H](Cc1cccc(C)c1)C(=O)N[C@@H]1C(=O)N2C[C@H](O)C[C@H]2C(=O)N2CCSC[C@H]2C(=O)N[C@@H](C)C(=O)N2C[C@H](C)C[C@H]2C(=O)O[C@H]1C)\C(F)=C/CC. The number of esters is 1. The van der Waals surface area contributed by atoms with E-state index >= 15 is 0 Å². The molecule has 0 unspecified atom stereocenters. The Bertz CT molecular complexity index is 1860. The van der Waals surface area contributed by atoms with Gasteiger partial charge in [0.25, 0.3) is 0 Å². The molecule has 15 nitrogen and oxygen atoms in total. The summed E-state index contributed by atoms with van der Waals surface area (Å²) in [7, 11) is 0. The van der Waals surface area contributed by atoms with Gasteiger partial charge < -0.3 is 40.5 Å². The van der Waals surface area contributed by atoms with Gasteiger partial charge in [-0.05, 0) is 63.7 Å². The number of rotatable bonds is 9. The second-order valence-electron chi connectivity index (χ2n) is 16.0. The molecule has 4 aliphatic rings. The molecule has 0 aromatic heterocycles. The first-order valence-corrected chi connectivity index (χ1v) is 21.5. The average Bonchev–Trinajstić information content (AvgIpc) is 3.79. The smallest absolute Gasteiger partial charge is 0.329 e. The van der Waals surface area contributed by atoms with E-state index in [0.29, 0.717) is 17.7 Å². The zero-order valence-electron chi connectivity index (χ0n) is 34.6. The molecule has 0 aliphatic carbocycles. The molecule has 17 heteroatoms. The third-order valence-electron chi connectivity index (χ3n) is 11.3. The Kier molecular flexibility index (Phi) is 15.4. The topological polar surface area (TPSA) is 195 Å². The standard InChI is InChI=1S/C42H57FN6O9S/c1-7-10-30(43)28(8-2)18-35(51)45-31(17-27-12-9-11-23(3)15-27)37(52)46-36-26(6)58-42(57)33-16-24(4)20-48(33)39(54)25(5)44-38(53)34-22-59-14-13-47(34)40(55)32-19-29(50)21-49(32)41(36)56/h8-12,15,24-26,29,31-34,36,50H,7,13-14,16-22H2,1-6H3,(H,44,53)(H,45,51)(H,46,52)/b28-8-,30-10+/t24-,25+,26+,29-,31+,32+,33+,34+,36+/m1/s1. The van der Waals surface area contributed by atoms with Crippen LogP contribution in [0.2, 0.25) is 0 Å². The third-order valence-corrected chi connectivity index (χ3v) is 12.3. The summed E-state index contributed by atoms with van der Waals surface area (Å²) in [6, 6.07) is 0.0232. The number of aliphatic hydroxyl groups excluding tert-OH is 1. The fraction of sp³-hybridized carbons (Fsp3) is 0.595. The fourth-order valence-corrected chi connectivity index (χ4v) is 9.23. The zero-order chi connectivity index (χ0) is 43.1. The molecule has 4 heterocycles. The molecule has 0 radical (unpaired) electrons. The molecule has 59 heavy (non-hydrogen) atoms. The molecule has 0 saturated carbocycles. The number of allylic oxidation sites excluding steroid dienone is 3. The number of carbonyl (C=O) groups excluding carboxylic acids is 7. The van der Waals surface area contributed by atoms with Gasteiger partial charge in [-0.15, -0.1) is 0 Å². The van der Waals surface area contributed by atoms with E-state index < -0.39 is 95.7 Å². The lowest BCUT2D eigenvalue weighted by Crippen LogP contribution is -2.63. The summed E-state index contributed by atoms with van der Waals surface area (Å²) in [6.07, 6.45) is 0.430. The van der Waals surface area contributed by atoms with E-state index in [0.717, 1.165) is 10.5 Å². The minimum absolute atomic E-state index is 0.0258. The van der Waals surface area contributed by atoms with Crippen LogP contribution >= 0.6 is 11.8 Å². The Balaban J connectivity index is 1.52. The number of fused-ring (bicyclic) bond motifs is 3. The van der Waals surface area contributed by atoms with E-state index in [4.69, 9.17) is 4.74 Å². The maximum absolute atomic E-state index is 14.8. The lowest BCUT2D eigenvalue weighted by Gasteiger charge is -2.39. The molecule has 4 fully saturated rings. The average molecular weight is 841 g/mol. The monoisotopic (exact) mass is 840 g/mol. The number of nitrogens with zero attached hydrogens (tertiary/aromatic N) is 3. The normalized spacial score (nSPS) is 29.3. The molecule has 6 amide bonds. The van der Waals surface area contributed by atoms with E-state index in [9.17, 15) is 43.1 Å². The van der Waals surface area contributed by atoms with Crippen LogP contribution in [0.15, 0.2) is 47.8 Å². The van der Waals surface area contributed by atoms with Gasteiger partial charge in [0.1, 0.15) is 48.2 Å². The first-order chi connectivity index (χ1) is 28.0. The highest BCUT2D eigenvalue weighted by Crippen LogP contribution is 2.29. The van der Waals surface area contributed by atoms with E-state index in [-0.39, 0.29) is 62.6 Å². The maximum Gasteiger partial charge on any atom is 0.329 e. The van der Waals surface area contributed by atoms with Crippen molar-refractivity contribution in [3.63, 3.8) is 0 Å². The number of halogens is 1. The lowest BCUT2D eigenvalue weighted by atomic mass is 10.0. The molecular formula is C42H57FN6O9S. The Morgan fingerprint density at radius 1 is 1.02 bits per heavy atom. The van der Waals surface area contributed by atoms with Crippen LogP contribution in [0.1, 0.15) is 71.4 Å². The van der Waals surface area contributed by atoms with Crippen LogP contribution < -0.4 is 16.0 Å². The van der Waals surface area contributed by atoms with Gasteiger partial charge in [0.2, 0.25) is 35.4 Å². The van der Waals surface area contributed by atoms with Crippen LogP contribution in [0.5, 0.6) is 0 Å². The number of ether oxygens (including phenoxy) is 1. The Morgan fingerprint density at radius 2 is 1.75 bits per heavy atom. The summed E-state index contributed by atoms with van der Waals surface area (Å²) in [4.78, 5) is 102.